The minimum Gasteiger partial charge on any atom is -0.341 e. The van der Waals surface area contributed by atoms with Crippen molar-refractivity contribution in [3.8, 4) is 0 Å². The largest absolute Gasteiger partial charge is 0.341 e. The average Bonchev–Trinajstić information content (AvgIpc) is 3.06. The monoisotopic (exact) mass is 498 g/mol. The van der Waals surface area contributed by atoms with Crippen molar-refractivity contribution < 1.29 is 4.39 Å². The van der Waals surface area contributed by atoms with Crippen molar-refractivity contribution in [2.24, 2.45) is 5.92 Å². The summed E-state index contributed by atoms with van der Waals surface area (Å²) in [4.78, 5) is 4.46. The lowest BCUT2D eigenvalue weighted by atomic mass is 9.68. The molecule has 0 aliphatic rings. The molecule has 0 aliphatic carbocycles. The van der Waals surface area contributed by atoms with Crippen LogP contribution >= 0.6 is 22.6 Å². The van der Waals surface area contributed by atoms with E-state index in [1.54, 1.807) is 18.3 Å². The van der Waals surface area contributed by atoms with E-state index >= 15 is 0 Å². The van der Waals surface area contributed by atoms with E-state index in [-0.39, 0.29) is 11.2 Å². The number of pyridine rings is 1. The highest BCUT2D eigenvalue weighted by atomic mass is 127. The highest BCUT2D eigenvalue weighted by molar-refractivity contribution is 14.1. The molecule has 29 heavy (non-hydrogen) atoms. The third-order valence-corrected chi connectivity index (χ3v) is 6.78. The maximum absolute atomic E-state index is 14.2. The summed E-state index contributed by atoms with van der Waals surface area (Å²) in [6.07, 6.45) is 3.99. The Bertz CT molecular complexity index is 1130. The normalized spacial score (nSPS) is 13.7. The Morgan fingerprint density at radius 3 is 2.48 bits per heavy atom. The van der Waals surface area contributed by atoms with E-state index in [2.05, 4.69) is 83.4 Å². The van der Waals surface area contributed by atoms with Crippen molar-refractivity contribution in [2.45, 2.75) is 32.7 Å². The Balaban J connectivity index is 1.93. The lowest BCUT2D eigenvalue weighted by Gasteiger charge is -2.35. The Kier molecular flexibility index (Phi) is 5.47. The van der Waals surface area contributed by atoms with Gasteiger partial charge in [0.2, 0.25) is 0 Å². The molecule has 0 saturated carbocycles. The first-order valence-electron chi connectivity index (χ1n) is 9.84. The quantitative estimate of drug-likeness (QED) is 0.277. The second kappa shape index (κ2) is 7.90. The molecule has 0 aliphatic heterocycles. The summed E-state index contributed by atoms with van der Waals surface area (Å²) in [6.45, 7) is 7.41. The van der Waals surface area contributed by atoms with Crippen LogP contribution in [0, 0.1) is 15.3 Å². The fourth-order valence-electron chi connectivity index (χ4n) is 4.07. The van der Waals surface area contributed by atoms with Crippen LogP contribution in [0.25, 0.3) is 10.9 Å². The molecule has 2 heterocycles. The number of nitrogens with zero attached hydrogens (tertiary/aromatic N) is 2. The van der Waals surface area contributed by atoms with E-state index in [4.69, 9.17) is 0 Å². The SMILES string of the molecule is CC(C)C(C)(c1ccc(I)cc1)c1cn(Cc2ccccn2)c2cc(F)ccc12. The molecule has 1 atom stereocenters. The Labute approximate surface area is 184 Å². The number of aromatic nitrogens is 2. The summed E-state index contributed by atoms with van der Waals surface area (Å²) >= 11 is 2.34. The second-order valence-electron chi connectivity index (χ2n) is 8.02. The number of hydrogen-bond donors (Lipinski definition) is 0. The lowest BCUT2D eigenvalue weighted by molar-refractivity contribution is 0.407. The van der Waals surface area contributed by atoms with Gasteiger partial charge in [0.25, 0.3) is 0 Å². The van der Waals surface area contributed by atoms with Crippen molar-refractivity contribution in [2.75, 3.05) is 0 Å². The summed E-state index contributed by atoms with van der Waals surface area (Å²) in [5.74, 6) is 0.145. The van der Waals surface area contributed by atoms with Crippen LogP contribution in [0.4, 0.5) is 4.39 Å². The first kappa shape index (κ1) is 20.1. The van der Waals surface area contributed by atoms with E-state index < -0.39 is 0 Å². The maximum Gasteiger partial charge on any atom is 0.125 e. The third kappa shape index (κ3) is 3.70. The van der Waals surface area contributed by atoms with Crippen LogP contribution in [-0.4, -0.2) is 9.55 Å². The van der Waals surface area contributed by atoms with E-state index in [9.17, 15) is 4.39 Å². The molecular weight excluding hydrogens is 474 g/mol. The predicted molar refractivity (Wildman–Crippen MR) is 126 cm³/mol. The summed E-state index contributed by atoms with van der Waals surface area (Å²) in [6, 6.07) is 19.8. The van der Waals surface area contributed by atoms with E-state index in [1.165, 1.54) is 14.7 Å². The fourth-order valence-corrected chi connectivity index (χ4v) is 4.43. The van der Waals surface area contributed by atoms with Gasteiger partial charge in [-0.15, -0.1) is 0 Å². The molecule has 148 valence electrons. The first-order chi connectivity index (χ1) is 13.9. The topological polar surface area (TPSA) is 17.8 Å². The van der Waals surface area contributed by atoms with Crippen molar-refractivity contribution in [1.82, 2.24) is 9.55 Å². The number of halogens is 2. The minimum absolute atomic E-state index is 0.199. The van der Waals surface area contributed by atoms with Gasteiger partial charge >= 0.3 is 0 Å². The van der Waals surface area contributed by atoms with Crippen LogP contribution in [-0.2, 0) is 12.0 Å². The molecule has 2 aromatic carbocycles. The van der Waals surface area contributed by atoms with Gasteiger partial charge in [-0.05, 0) is 82.1 Å². The molecule has 2 nitrogen and oxygen atoms in total. The smallest absolute Gasteiger partial charge is 0.125 e. The van der Waals surface area contributed by atoms with Gasteiger partial charge in [-0.25, -0.2) is 4.39 Å². The second-order valence-corrected chi connectivity index (χ2v) is 9.26. The zero-order valence-electron chi connectivity index (χ0n) is 16.9. The molecule has 0 spiro atoms. The highest BCUT2D eigenvalue weighted by Crippen LogP contribution is 2.43. The molecule has 0 fully saturated rings. The Morgan fingerprint density at radius 1 is 1.07 bits per heavy atom. The van der Waals surface area contributed by atoms with Crippen LogP contribution in [0.1, 0.15) is 37.6 Å². The Hall–Kier alpha value is -2.21. The molecule has 0 saturated heterocycles. The van der Waals surface area contributed by atoms with Gasteiger partial charge in [-0.2, -0.15) is 0 Å². The van der Waals surface area contributed by atoms with E-state index in [0.717, 1.165) is 16.6 Å². The van der Waals surface area contributed by atoms with Crippen molar-refractivity contribution in [3.63, 3.8) is 0 Å². The number of hydrogen-bond acceptors (Lipinski definition) is 1. The molecule has 0 radical (unpaired) electrons. The third-order valence-electron chi connectivity index (χ3n) is 6.06. The molecule has 0 bridgehead atoms. The van der Waals surface area contributed by atoms with Gasteiger partial charge < -0.3 is 4.57 Å². The number of rotatable bonds is 5. The predicted octanol–water partition coefficient (Wildman–Crippen LogP) is 6.79. The van der Waals surface area contributed by atoms with Gasteiger partial charge in [0.1, 0.15) is 5.82 Å². The standard InChI is InChI=1S/C25H24FIN2/c1-17(2)25(3,18-7-10-20(27)11-8-18)23-16-29(15-21-6-4-5-13-28-21)24-14-19(26)9-12-22(23)24/h4-14,16-17H,15H2,1-3H3. The van der Waals surface area contributed by atoms with E-state index in [1.807, 2.05) is 24.3 Å². The highest BCUT2D eigenvalue weighted by Gasteiger charge is 2.35. The molecule has 4 aromatic rings. The van der Waals surface area contributed by atoms with E-state index in [0.29, 0.717) is 12.5 Å². The molecule has 4 rings (SSSR count). The Morgan fingerprint density at radius 2 is 1.83 bits per heavy atom. The van der Waals surface area contributed by atoms with Crippen LogP contribution in [0.5, 0.6) is 0 Å². The molecular formula is C25H24FIN2. The number of fused-ring (bicyclic) bond motifs is 1. The van der Waals surface area contributed by atoms with Gasteiger partial charge in [0, 0.05) is 26.8 Å². The maximum atomic E-state index is 14.2. The van der Waals surface area contributed by atoms with Gasteiger partial charge in [0.15, 0.2) is 0 Å². The van der Waals surface area contributed by atoms with Crippen LogP contribution in [0.2, 0.25) is 0 Å². The van der Waals surface area contributed by atoms with Crippen molar-refractivity contribution >= 4 is 33.5 Å². The fraction of sp³-hybridized carbons (Fsp3) is 0.240. The van der Waals surface area contributed by atoms with Crippen LogP contribution in [0.15, 0.2) is 73.1 Å². The zero-order chi connectivity index (χ0) is 20.6. The molecule has 4 heteroatoms. The van der Waals surface area contributed by atoms with Gasteiger partial charge in [-0.3, -0.25) is 4.98 Å². The minimum atomic E-state index is -0.218. The van der Waals surface area contributed by atoms with Crippen LogP contribution in [0.3, 0.4) is 0 Å². The summed E-state index contributed by atoms with van der Waals surface area (Å²) < 4.78 is 17.5. The summed E-state index contributed by atoms with van der Waals surface area (Å²) in [7, 11) is 0. The first-order valence-corrected chi connectivity index (χ1v) is 10.9. The summed E-state index contributed by atoms with van der Waals surface area (Å²) in [5.41, 5.74) is 4.16. The average molecular weight is 498 g/mol. The van der Waals surface area contributed by atoms with Gasteiger partial charge in [0.05, 0.1) is 17.8 Å². The van der Waals surface area contributed by atoms with Crippen LogP contribution < -0.4 is 0 Å². The van der Waals surface area contributed by atoms with Crippen molar-refractivity contribution in [1.29, 1.82) is 0 Å². The molecule has 2 aromatic heterocycles. The van der Waals surface area contributed by atoms with Crippen molar-refractivity contribution in [3.05, 3.63) is 99.3 Å². The zero-order valence-corrected chi connectivity index (χ0v) is 19.0. The molecule has 0 amide bonds. The molecule has 1 unspecified atom stereocenters. The summed E-state index contributed by atoms with van der Waals surface area (Å²) in [5, 5.41) is 1.09. The molecule has 0 N–H and O–H groups in total. The number of benzene rings is 2. The lowest BCUT2D eigenvalue weighted by Crippen LogP contribution is -2.30. The van der Waals surface area contributed by atoms with Gasteiger partial charge in [-0.1, -0.05) is 39.0 Å².